The highest BCUT2D eigenvalue weighted by molar-refractivity contribution is 7.09. The van der Waals surface area contributed by atoms with E-state index < -0.39 is 0 Å². The maximum absolute atomic E-state index is 8.72. The Balaban J connectivity index is 2.29. The van der Waals surface area contributed by atoms with Crippen molar-refractivity contribution >= 4 is 34.6 Å². The Kier molecular flexibility index (Phi) is 4.24. The van der Waals surface area contributed by atoms with Gasteiger partial charge < -0.3 is 15.8 Å². The quantitative estimate of drug-likeness (QED) is 0.393. The molecule has 5 nitrogen and oxygen atoms in total. The summed E-state index contributed by atoms with van der Waals surface area (Å²) in [6.45, 7) is 0.698. The van der Waals surface area contributed by atoms with Crippen molar-refractivity contribution in [3.63, 3.8) is 0 Å². The maximum Gasteiger partial charge on any atom is 0.171 e. The van der Waals surface area contributed by atoms with Gasteiger partial charge in [-0.2, -0.15) is 0 Å². The molecule has 7 heteroatoms. The predicted octanol–water partition coefficient (Wildman–Crippen LogP) is 2.53. The lowest BCUT2D eigenvalue weighted by Crippen LogP contribution is -2.20. The second kappa shape index (κ2) is 5.90. The molecule has 2 rings (SSSR count). The molecule has 0 bridgehead atoms. The summed E-state index contributed by atoms with van der Waals surface area (Å²) in [5.74, 6) is 0.567. The summed E-state index contributed by atoms with van der Waals surface area (Å²) in [7, 11) is 1.89. The fourth-order valence-electron chi connectivity index (χ4n) is 1.66. The molecule has 100 valence electrons. The van der Waals surface area contributed by atoms with Crippen LogP contribution in [-0.2, 0) is 6.54 Å². The molecule has 0 radical (unpaired) electrons. The second-order valence-electron chi connectivity index (χ2n) is 3.92. The number of amidine groups is 1. The molecule has 0 fully saturated rings. The zero-order valence-corrected chi connectivity index (χ0v) is 11.8. The van der Waals surface area contributed by atoms with Crippen LogP contribution in [0, 0.1) is 0 Å². The molecule has 2 aromatic rings. The SMILES string of the molecule is CN(Cc1cccs1)c1nccc(/C(N)=N/O)c1Cl. The number of oxime groups is 1. The number of hydrogen-bond donors (Lipinski definition) is 2. The van der Waals surface area contributed by atoms with E-state index in [4.69, 9.17) is 22.5 Å². The summed E-state index contributed by atoms with van der Waals surface area (Å²) in [5.41, 5.74) is 6.04. The molecule has 0 aliphatic carbocycles. The number of anilines is 1. The minimum atomic E-state index is -0.0295. The Morgan fingerprint density at radius 3 is 3.00 bits per heavy atom. The van der Waals surface area contributed by atoms with Crippen LogP contribution in [0.2, 0.25) is 5.02 Å². The van der Waals surface area contributed by atoms with Gasteiger partial charge in [-0.15, -0.1) is 11.3 Å². The van der Waals surface area contributed by atoms with Crippen molar-refractivity contribution in [3.05, 3.63) is 45.2 Å². The Hall–Kier alpha value is -1.79. The molecule has 3 N–H and O–H groups in total. The van der Waals surface area contributed by atoms with Crippen molar-refractivity contribution in [2.75, 3.05) is 11.9 Å². The second-order valence-corrected chi connectivity index (χ2v) is 5.33. The van der Waals surface area contributed by atoms with E-state index in [0.29, 0.717) is 22.9 Å². The van der Waals surface area contributed by atoms with Gasteiger partial charge in [0, 0.05) is 23.7 Å². The maximum atomic E-state index is 8.72. The standard InChI is InChI=1S/C12H13ClN4OS/c1-17(7-8-3-2-6-19-8)12-10(13)9(4-5-15-12)11(14)16-18/h2-6,18H,7H2,1H3,(H2,14,16). The van der Waals surface area contributed by atoms with Gasteiger partial charge in [0.05, 0.1) is 11.6 Å². The molecule has 0 aliphatic heterocycles. The summed E-state index contributed by atoms with van der Waals surface area (Å²) in [5, 5.41) is 14.1. The van der Waals surface area contributed by atoms with Gasteiger partial charge in [0.1, 0.15) is 5.82 Å². The zero-order valence-electron chi connectivity index (χ0n) is 10.2. The minimum absolute atomic E-state index is 0.0295. The van der Waals surface area contributed by atoms with Crippen molar-refractivity contribution in [1.29, 1.82) is 0 Å². The molecule has 0 spiro atoms. The van der Waals surface area contributed by atoms with Gasteiger partial charge >= 0.3 is 0 Å². The predicted molar refractivity (Wildman–Crippen MR) is 78.2 cm³/mol. The van der Waals surface area contributed by atoms with Gasteiger partial charge in [-0.3, -0.25) is 0 Å². The van der Waals surface area contributed by atoms with Crippen LogP contribution in [-0.4, -0.2) is 23.1 Å². The molecule has 2 heterocycles. The van der Waals surface area contributed by atoms with E-state index in [2.05, 4.69) is 10.1 Å². The van der Waals surface area contributed by atoms with E-state index in [9.17, 15) is 0 Å². The highest BCUT2D eigenvalue weighted by Crippen LogP contribution is 2.27. The normalized spacial score (nSPS) is 11.6. The fourth-order valence-corrected chi connectivity index (χ4v) is 2.77. The van der Waals surface area contributed by atoms with E-state index in [1.54, 1.807) is 23.6 Å². The molecular weight excluding hydrogens is 284 g/mol. The summed E-state index contributed by atoms with van der Waals surface area (Å²) in [6, 6.07) is 5.65. The van der Waals surface area contributed by atoms with Crippen LogP contribution in [0.25, 0.3) is 0 Å². The summed E-state index contributed by atoms with van der Waals surface area (Å²) in [4.78, 5) is 7.36. The van der Waals surface area contributed by atoms with Crippen molar-refractivity contribution < 1.29 is 5.21 Å². The topological polar surface area (TPSA) is 74.7 Å². The highest BCUT2D eigenvalue weighted by Gasteiger charge is 2.14. The van der Waals surface area contributed by atoms with Crippen molar-refractivity contribution in [2.45, 2.75) is 6.54 Å². The first-order valence-electron chi connectivity index (χ1n) is 5.49. The Bertz CT molecular complexity index is 585. The third-order valence-electron chi connectivity index (χ3n) is 2.59. The van der Waals surface area contributed by atoms with Crippen LogP contribution in [0.1, 0.15) is 10.4 Å². The van der Waals surface area contributed by atoms with Crippen molar-refractivity contribution in [1.82, 2.24) is 4.98 Å². The van der Waals surface area contributed by atoms with Crippen LogP contribution < -0.4 is 10.6 Å². The van der Waals surface area contributed by atoms with E-state index in [1.807, 2.05) is 29.5 Å². The summed E-state index contributed by atoms with van der Waals surface area (Å²) < 4.78 is 0. The molecule has 0 amide bonds. The van der Waals surface area contributed by atoms with Crippen LogP contribution in [0.4, 0.5) is 5.82 Å². The summed E-state index contributed by atoms with van der Waals surface area (Å²) in [6.07, 6.45) is 1.58. The lowest BCUT2D eigenvalue weighted by molar-refractivity contribution is 0.318. The number of pyridine rings is 1. The largest absolute Gasteiger partial charge is 0.409 e. The van der Waals surface area contributed by atoms with Crippen LogP contribution in [0.15, 0.2) is 34.9 Å². The fraction of sp³-hybridized carbons (Fsp3) is 0.167. The number of aromatic nitrogens is 1. The molecule has 0 aromatic carbocycles. The van der Waals surface area contributed by atoms with Gasteiger partial charge in [-0.25, -0.2) is 4.98 Å². The van der Waals surface area contributed by atoms with Gasteiger partial charge in [-0.1, -0.05) is 22.8 Å². The number of rotatable bonds is 4. The number of thiophene rings is 1. The molecule has 0 atom stereocenters. The zero-order chi connectivity index (χ0) is 13.8. The molecule has 19 heavy (non-hydrogen) atoms. The number of nitrogens with zero attached hydrogens (tertiary/aromatic N) is 3. The molecule has 0 aliphatic rings. The van der Waals surface area contributed by atoms with E-state index in [0.717, 1.165) is 0 Å². The first-order valence-corrected chi connectivity index (χ1v) is 6.75. The Morgan fingerprint density at radius 2 is 2.37 bits per heavy atom. The molecule has 2 aromatic heterocycles. The highest BCUT2D eigenvalue weighted by atomic mass is 35.5. The van der Waals surface area contributed by atoms with Gasteiger partial charge in [0.2, 0.25) is 0 Å². The van der Waals surface area contributed by atoms with Gasteiger partial charge in [0.25, 0.3) is 0 Å². The van der Waals surface area contributed by atoms with E-state index >= 15 is 0 Å². The molecule has 0 saturated carbocycles. The Labute approximate surface area is 119 Å². The first kappa shape index (κ1) is 13.6. The smallest absolute Gasteiger partial charge is 0.171 e. The molecule has 0 unspecified atom stereocenters. The third-order valence-corrected chi connectivity index (χ3v) is 3.82. The lowest BCUT2D eigenvalue weighted by atomic mass is 10.2. The average molecular weight is 297 g/mol. The van der Waals surface area contributed by atoms with Crippen LogP contribution in [0.5, 0.6) is 0 Å². The third kappa shape index (κ3) is 2.97. The van der Waals surface area contributed by atoms with Crippen molar-refractivity contribution in [3.8, 4) is 0 Å². The van der Waals surface area contributed by atoms with Gasteiger partial charge in [0.15, 0.2) is 5.84 Å². The van der Waals surface area contributed by atoms with Gasteiger partial charge in [-0.05, 0) is 17.5 Å². The molecular formula is C12H13ClN4OS. The van der Waals surface area contributed by atoms with Crippen LogP contribution in [0.3, 0.4) is 0 Å². The summed E-state index contributed by atoms with van der Waals surface area (Å²) >= 11 is 7.91. The first-order chi connectivity index (χ1) is 9.13. The number of hydrogen-bond acceptors (Lipinski definition) is 5. The lowest BCUT2D eigenvalue weighted by Gasteiger charge is -2.19. The Morgan fingerprint density at radius 1 is 1.58 bits per heavy atom. The van der Waals surface area contributed by atoms with E-state index in [-0.39, 0.29) is 5.84 Å². The van der Waals surface area contributed by atoms with E-state index in [1.165, 1.54) is 4.88 Å². The minimum Gasteiger partial charge on any atom is -0.409 e. The average Bonchev–Trinajstić information content (AvgIpc) is 2.90. The van der Waals surface area contributed by atoms with Crippen LogP contribution >= 0.6 is 22.9 Å². The number of halogens is 1. The number of nitrogens with two attached hydrogens (primary N) is 1. The van der Waals surface area contributed by atoms with Crippen molar-refractivity contribution in [2.24, 2.45) is 10.9 Å². The monoisotopic (exact) mass is 296 g/mol. The molecule has 0 saturated heterocycles.